The Labute approximate surface area is 148 Å². The van der Waals surface area contributed by atoms with Crippen LogP contribution < -0.4 is 14.5 Å². The Balaban J connectivity index is 1.97. The number of anilines is 2. The maximum absolute atomic E-state index is 12.6. The van der Waals surface area contributed by atoms with Crippen molar-refractivity contribution >= 4 is 39.3 Å². The third-order valence-electron chi connectivity index (χ3n) is 3.88. The number of nitrogens with zero attached hydrogens (tertiary/aromatic N) is 2. The largest absolute Gasteiger partial charge is 0.419 e. The molecule has 0 unspecified atom stereocenters. The molecule has 0 aliphatic carbocycles. The molecule has 1 aliphatic rings. The van der Waals surface area contributed by atoms with Gasteiger partial charge in [0.2, 0.25) is 5.91 Å². The molecular formula is C18H17BrN2O3. The Kier molecular flexibility index (Phi) is 4.57. The van der Waals surface area contributed by atoms with Gasteiger partial charge in [-0.15, -0.1) is 0 Å². The maximum Gasteiger partial charge on any atom is 0.419 e. The number of fused-ring (bicyclic) bond motifs is 1. The van der Waals surface area contributed by atoms with Crippen molar-refractivity contribution in [2.45, 2.75) is 19.9 Å². The summed E-state index contributed by atoms with van der Waals surface area (Å²) < 4.78 is 6.29. The van der Waals surface area contributed by atoms with Crippen molar-refractivity contribution in [3.63, 3.8) is 0 Å². The normalized spacial score (nSPS) is 16.5. The molecule has 0 saturated carbocycles. The Morgan fingerprint density at radius 3 is 2.50 bits per heavy atom. The Hall–Kier alpha value is -2.34. The minimum atomic E-state index is -0.462. The second-order valence-electron chi connectivity index (χ2n) is 5.66. The van der Waals surface area contributed by atoms with E-state index in [-0.39, 0.29) is 11.9 Å². The zero-order chi connectivity index (χ0) is 17.3. The van der Waals surface area contributed by atoms with Crippen molar-refractivity contribution in [1.82, 2.24) is 0 Å². The lowest BCUT2D eigenvalue weighted by Crippen LogP contribution is -2.52. The molecule has 1 aliphatic heterocycles. The lowest BCUT2D eigenvalue weighted by Gasteiger charge is -2.40. The fourth-order valence-electron chi connectivity index (χ4n) is 2.90. The molecule has 2 aromatic rings. The van der Waals surface area contributed by atoms with E-state index in [2.05, 4.69) is 15.9 Å². The fraction of sp³-hybridized carbons (Fsp3) is 0.222. The predicted octanol–water partition coefficient (Wildman–Crippen LogP) is 4.21. The first kappa shape index (κ1) is 16.5. The second-order valence-corrected chi connectivity index (χ2v) is 6.58. The summed E-state index contributed by atoms with van der Waals surface area (Å²) in [5.41, 5.74) is 1.35. The van der Waals surface area contributed by atoms with Gasteiger partial charge in [-0.1, -0.05) is 34.1 Å². The van der Waals surface area contributed by atoms with Gasteiger partial charge in [0.1, 0.15) is 5.75 Å². The van der Waals surface area contributed by atoms with Crippen LogP contribution in [0.25, 0.3) is 0 Å². The smallest absolute Gasteiger partial charge is 0.410 e. The number of amides is 2. The Morgan fingerprint density at radius 1 is 1.12 bits per heavy atom. The number of hydrogen-bond donors (Lipinski definition) is 0. The van der Waals surface area contributed by atoms with Crippen LogP contribution in [-0.2, 0) is 4.79 Å². The van der Waals surface area contributed by atoms with Gasteiger partial charge < -0.3 is 9.64 Å². The number of benzene rings is 2. The molecule has 0 N–H and O–H groups in total. The molecule has 2 aromatic carbocycles. The number of rotatable bonds is 1. The lowest BCUT2D eigenvalue weighted by atomic mass is 10.1. The third kappa shape index (κ3) is 3.14. The number of para-hydroxylation sites is 1. The van der Waals surface area contributed by atoms with E-state index in [0.29, 0.717) is 23.7 Å². The van der Waals surface area contributed by atoms with E-state index >= 15 is 0 Å². The molecule has 0 bridgehead atoms. The first-order valence-electron chi connectivity index (χ1n) is 7.61. The first-order chi connectivity index (χ1) is 11.5. The Morgan fingerprint density at radius 2 is 1.83 bits per heavy atom. The number of carbonyl (C=O) groups is 2. The second kappa shape index (κ2) is 6.65. The minimum Gasteiger partial charge on any atom is -0.410 e. The highest BCUT2D eigenvalue weighted by atomic mass is 79.9. The number of halogens is 1. The van der Waals surface area contributed by atoms with E-state index in [0.717, 1.165) is 4.47 Å². The van der Waals surface area contributed by atoms with Crippen LogP contribution >= 0.6 is 15.9 Å². The van der Waals surface area contributed by atoms with Gasteiger partial charge in [-0.3, -0.25) is 9.69 Å². The molecule has 5 nitrogen and oxygen atoms in total. The molecule has 0 aromatic heterocycles. The van der Waals surface area contributed by atoms with Crippen molar-refractivity contribution in [2.75, 3.05) is 16.3 Å². The first-order valence-corrected chi connectivity index (χ1v) is 8.40. The average Bonchev–Trinajstić information content (AvgIpc) is 2.54. The van der Waals surface area contributed by atoms with Crippen LogP contribution in [0.15, 0.2) is 53.0 Å². The van der Waals surface area contributed by atoms with Gasteiger partial charge in [-0.05, 0) is 37.3 Å². The van der Waals surface area contributed by atoms with Gasteiger partial charge in [0.25, 0.3) is 0 Å². The maximum atomic E-state index is 12.6. The average molecular weight is 389 g/mol. The topological polar surface area (TPSA) is 49.9 Å². The van der Waals surface area contributed by atoms with Crippen LogP contribution in [0.1, 0.15) is 13.8 Å². The summed E-state index contributed by atoms with van der Waals surface area (Å²) in [5, 5.41) is 0. The van der Waals surface area contributed by atoms with E-state index in [4.69, 9.17) is 4.74 Å². The van der Waals surface area contributed by atoms with E-state index < -0.39 is 6.09 Å². The Bertz CT molecular complexity index is 779. The monoisotopic (exact) mass is 388 g/mol. The summed E-state index contributed by atoms with van der Waals surface area (Å²) in [4.78, 5) is 27.9. The van der Waals surface area contributed by atoms with Gasteiger partial charge in [0.15, 0.2) is 0 Å². The van der Waals surface area contributed by atoms with Crippen molar-refractivity contribution in [2.24, 2.45) is 0 Å². The van der Waals surface area contributed by atoms with Crippen LogP contribution in [0, 0.1) is 0 Å². The van der Waals surface area contributed by atoms with Gasteiger partial charge in [0, 0.05) is 17.9 Å². The molecule has 1 atom stereocenters. The molecule has 0 spiro atoms. The summed E-state index contributed by atoms with van der Waals surface area (Å²) in [6, 6.07) is 14.3. The van der Waals surface area contributed by atoms with Crippen molar-refractivity contribution in [3.8, 4) is 5.75 Å². The molecule has 0 fully saturated rings. The van der Waals surface area contributed by atoms with Crippen LogP contribution in [0.5, 0.6) is 5.75 Å². The molecule has 1 heterocycles. The van der Waals surface area contributed by atoms with Crippen LogP contribution in [0.4, 0.5) is 16.2 Å². The summed E-state index contributed by atoms with van der Waals surface area (Å²) in [6.07, 6.45) is -0.462. The summed E-state index contributed by atoms with van der Waals surface area (Å²) in [6.45, 7) is 3.81. The van der Waals surface area contributed by atoms with Gasteiger partial charge in [-0.25, -0.2) is 4.79 Å². The van der Waals surface area contributed by atoms with E-state index in [1.165, 1.54) is 6.92 Å². The van der Waals surface area contributed by atoms with Gasteiger partial charge in [-0.2, -0.15) is 0 Å². The fourth-order valence-corrected chi connectivity index (χ4v) is 3.24. The molecule has 3 rings (SSSR count). The summed E-state index contributed by atoms with van der Waals surface area (Å²) >= 11 is 3.42. The van der Waals surface area contributed by atoms with Crippen molar-refractivity contribution in [3.05, 3.63) is 53.0 Å². The molecule has 6 heteroatoms. The number of ether oxygens (including phenoxy) is 1. The minimum absolute atomic E-state index is 0.0536. The molecule has 2 amide bonds. The van der Waals surface area contributed by atoms with Crippen molar-refractivity contribution in [1.29, 1.82) is 0 Å². The lowest BCUT2D eigenvalue weighted by molar-refractivity contribution is -0.117. The van der Waals surface area contributed by atoms with Crippen molar-refractivity contribution < 1.29 is 14.3 Å². The predicted molar refractivity (Wildman–Crippen MR) is 96.6 cm³/mol. The van der Waals surface area contributed by atoms with Gasteiger partial charge in [0.05, 0.1) is 17.4 Å². The zero-order valence-electron chi connectivity index (χ0n) is 13.4. The molecule has 24 heavy (non-hydrogen) atoms. The number of hydrogen-bond acceptors (Lipinski definition) is 3. The highest BCUT2D eigenvalue weighted by molar-refractivity contribution is 9.10. The number of carbonyl (C=O) groups excluding carboxylic acids is 2. The van der Waals surface area contributed by atoms with Crippen LogP contribution in [0.2, 0.25) is 0 Å². The highest BCUT2D eigenvalue weighted by Crippen LogP contribution is 2.38. The van der Waals surface area contributed by atoms with E-state index in [1.807, 2.05) is 43.3 Å². The SMILES string of the molecule is CC(=O)N1c2ccc(Br)cc2N(C(=O)Oc2ccccc2)C[C@@H]1C. The quantitative estimate of drug-likeness (QED) is 0.734. The zero-order valence-corrected chi connectivity index (χ0v) is 15.0. The third-order valence-corrected chi connectivity index (χ3v) is 4.38. The standard InChI is InChI=1S/C18H17BrN2O3/c1-12-11-20(18(23)24-15-6-4-3-5-7-15)17-10-14(19)8-9-16(17)21(12)13(2)22/h3-10,12H,11H2,1-2H3/t12-/m0/s1. The van der Waals surface area contributed by atoms with Crippen LogP contribution in [-0.4, -0.2) is 24.6 Å². The van der Waals surface area contributed by atoms with Gasteiger partial charge >= 0.3 is 6.09 Å². The summed E-state index contributed by atoms with van der Waals surface area (Å²) in [7, 11) is 0. The molecule has 0 radical (unpaired) electrons. The summed E-state index contributed by atoms with van der Waals surface area (Å²) in [5.74, 6) is 0.433. The molecular weight excluding hydrogens is 372 g/mol. The van der Waals surface area contributed by atoms with Crippen LogP contribution in [0.3, 0.4) is 0 Å². The molecule has 0 saturated heterocycles. The molecule has 124 valence electrons. The van der Waals surface area contributed by atoms with E-state index in [9.17, 15) is 9.59 Å². The highest BCUT2D eigenvalue weighted by Gasteiger charge is 2.34. The van der Waals surface area contributed by atoms with E-state index in [1.54, 1.807) is 21.9 Å².